The largest absolute Gasteiger partial charge is 0.489 e. The standard InChI is InChI=1S/C19H26N4O2/c1-15-18(5-2-11-20-15)25-17-9-7-16(8-10-17)22-19(24)6-3-13-23-14-4-12-21-23/h2,4-5,11-12,14,16-17H,3,6-10,13H2,1H3,(H,22,24). The lowest BCUT2D eigenvalue weighted by molar-refractivity contribution is -0.122. The first kappa shape index (κ1) is 17.5. The predicted octanol–water partition coefficient (Wildman–Crippen LogP) is 2.87. The molecule has 0 atom stereocenters. The highest BCUT2D eigenvalue weighted by Crippen LogP contribution is 2.25. The highest BCUT2D eigenvalue weighted by atomic mass is 16.5. The first-order valence-corrected chi connectivity index (χ1v) is 9.06. The summed E-state index contributed by atoms with van der Waals surface area (Å²) in [5.41, 5.74) is 0.926. The maximum atomic E-state index is 12.1. The van der Waals surface area contributed by atoms with Crippen molar-refractivity contribution in [1.82, 2.24) is 20.1 Å². The van der Waals surface area contributed by atoms with E-state index in [0.717, 1.165) is 50.1 Å². The molecule has 0 spiro atoms. The van der Waals surface area contributed by atoms with Crippen molar-refractivity contribution < 1.29 is 9.53 Å². The van der Waals surface area contributed by atoms with Crippen LogP contribution in [0.15, 0.2) is 36.8 Å². The third-order valence-electron chi connectivity index (χ3n) is 4.64. The van der Waals surface area contributed by atoms with Crippen LogP contribution in [0.4, 0.5) is 0 Å². The van der Waals surface area contributed by atoms with E-state index in [2.05, 4.69) is 15.4 Å². The molecule has 6 heteroatoms. The van der Waals surface area contributed by atoms with Crippen molar-refractivity contribution in [2.45, 2.75) is 64.1 Å². The van der Waals surface area contributed by atoms with Crippen molar-refractivity contribution >= 4 is 5.91 Å². The Morgan fingerprint density at radius 2 is 2.12 bits per heavy atom. The number of ether oxygens (including phenoxy) is 1. The summed E-state index contributed by atoms with van der Waals surface area (Å²) < 4.78 is 7.92. The van der Waals surface area contributed by atoms with Crippen LogP contribution in [0.5, 0.6) is 5.75 Å². The second kappa shape index (κ2) is 8.65. The highest BCUT2D eigenvalue weighted by molar-refractivity contribution is 5.76. The number of pyridine rings is 1. The Hall–Kier alpha value is -2.37. The number of hydrogen-bond donors (Lipinski definition) is 1. The van der Waals surface area contributed by atoms with Gasteiger partial charge in [-0.15, -0.1) is 0 Å². The quantitative estimate of drug-likeness (QED) is 0.840. The van der Waals surface area contributed by atoms with Gasteiger partial charge in [-0.2, -0.15) is 5.10 Å². The van der Waals surface area contributed by atoms with Crippen LogP contribution < -0.4 is 10.1 Å². The molecule has 0 radical (unpaired) electrons. The summed E-state index contributed by atoms with van der Waals surface area (Å²) >= 11 is 0. The van der Waals surface area contributed by atoms with E-state index in [0.29, 0.717) is 6.42 Å². The van der Waals surface area contributed by atoms with Crippen LogP contribution >= 0.6 is 0 Å². The van der Waals surface area contributed by atoms with Gasteiger partial charge >= 0.3 is 0 Å². The lowest BCUT2D eigenvalue weighted by atomic mass is 9.92. The summed E-state index contributed by atoms with van der Waals surface area (Å²) in [4.78, 5) is 16.3. The van der Waals surface area contributed by atoms with Crippen LogP contribution in [0.3, 0.4) is 0 Å². The van der Waals surface area contributed by atoms with Gasteiger partial charge in [-0.3, -0.25) is 14.5 Å². The minimum atomic E-state index is 0.139. The molecular weight excluding hydrogens is 316 g/mol. The van der Waals surface area contributed by atoms with Gasteiger partial charge in [0.1, 0.15) is 5.75 Å². The van der Waals surface area contributed by atoms with Gasteiger partial charge in [0, 0.05) is 37.6 Å². The molecule has 3 rings (SSSR count). The molecule has 0 unspecified atom stereocenters. The Balaban J connectivity index is 1.34. The number of carbonyl (C=O) groups is 1. The first-order chi connectivity index (χ1) is 12.2. The molecule has 6 nitrogen and oxygen atoms in total. The molecule has 1 fully saturated rings. The van der Waals surface area contributed by atoms with Gasteiger partial charge in [-0.1, -0.05) is 0 Å². The van der Waals surface area contributed by atoms with Gasteiger partial charge in [0.2, 0.25) is 5.91 Å². The summed E-state index contributed by atoms with van der Waals surface area (Å²) in [6.45, 7) is 2.75. The number of aromatic nitrogens is 3. The molecule has 0 aliphatic heterocycles. The van der Waals surface area contributed by atoms with Crippen molar-refractivity contribution in [2.75, 3.05) is 0 Å². The van der Waals surface area contributed by atoms with Gasteiger partial charge in [0.05, 0.1) is 11.8 Å². The smallest absolute Gasteiger partial charge is 0.220 e. The lowest BCUT2D eigenvalue weighted by Gasteiger charge is -2.29. The topological polar surface area (TPSA) is 69.0 Å². The lowest BCUT2D eigenvalue weighted by Crippen LogP contribution is -2.39. The van der Waals surface area contributed by atoms with Crippen LogP contribution in [0, 0.1) is 6.92 Å². The van der Waals surface area contributed by atoms with E-state index in [9.17, 15) is 4.79 Å². The van der Waals surface area contributed by atoms with Crippen molar-refractivity contribution in [3.05, 3.63) is 42.5 Å². The first-order valence-electron chi connectivity index (χ1n) is 9.06. The number of carbonyl (C=O) groups excluding carboxylic acids is 1. The van der Waals surface area contributed by atoms with E-state index in [1.54, 1.807) is 12.4 Å². The third-order valence-corrected chi connectivity index (χ3v) is 4.64. The van der Waals surface area contributed by atoms with E-state index in [1.807, 2.05) is 36.0 Å². The summed E-state index contributed by atoms with van der Waals surface area (Å²) in [6, 6.07) is 6.04. The van der Waals surface area contributed by atoms with E-state index in [-0.39, 0.29) is 18.1 Å². The number of nitrogens with zero attached hydrogens (tertiary/aromatic N) is 3. The Bertz CT molecular complexity index is 664. The van der Waals surface area contributed by atoms with Crippen molar-refractivity contribution in [3.8, 4) is 5.75 Å². The van der Waals surface area contributed by atoms with E-state index < -0.39 is 0 Å². The molecule has 0 aromatic carbocycles. The van der Waals surface area contributed by atoms with Gasteiger partial charge in [0.15, 0.2) is 0 Å². The minimum Gasteiger partial charge on any atom is -0.489 e. The predicted molar refractivity (Wildman–Crippen MR) is 95.2 cm³/mol. The summed E-state index contributed by atoms with van der Waals surface area (Å²) in [7, 11) is 0. The maximum Gasteiger partial charge on any atom is 0.220 e. The molecule has 0 bridgehead atoms. The third kappa shape index (κ3) is 5.31. The normalized spacial score (nSPS) is 20.2. The van der Waals surface area contributed by atoms with Crippen LogP contribution in [0.25, 0.3) is 0 Å². The van der Waals surface area contributed by atoms with E-state index in [1.165, 1.54) is 0 Å². The second-order valence-electron chi connectivity index (χ2n) is 6.62. The zero-order chi connectivity index (χ0) is 17.5. The molecule has 2 aromatic heterocycles. The number of rotatable bonds is 7. The molecule has 1 amide bonds. The van der Waals surface area contributed by atoms with Crippen LogP contribution in [-0.2, 0) is 11.3 Å². The zero-order valence-corrected chi connectivity index (χ0v) is 14.7. The number of aryl methyl sites for hydroxylation is 2. The van der Waals surface area contributed by atoms with Crippen LogP contribution in [0.1, 0.15) is 44.2 Å². The summed E-state index contributed by atoms with van der Waals surface area (Å²) in [6.07, 6.45) is 10.9. The number of hydrogen-bond acceptors (Lipinski definition) is 4. The van der Waals surface area contributed by atoms with E-state index >= 15 is 0 Å². The molecule has 1 aliphatic rings. The fourth-order valence-corrected chi connectivity index (χ4v) is 3.23. The summed E-state index contributed by atoms with van der Waals surface area (Å²) in [5.74, 6) is 1.01. The van der Waals surface area contributed by atoms with Gasteiger partial charge in [0.25, 0.3) is 0 Å². The Morgan fingerprint density at radius 1 is 1.28 bits per heavy atom. The number of nitrogens with one attached hydrogen (secondary N) is 1. The maximum absolute atomic E-state index is 12.1. The molecule has 1 N–H and O–H groups in total. The summed E-state index contributed by atoms with van der Waals surface area (Å²) in [5, 5.41) is 7.30. The van der Waals surface area contributed by atoms with Gasteiger partial charge < -0.3 is 10.1 Å². The minimum absolute atomic E-state index is 0.139. The Kier molecular flexibility index (Phi) is 6.04. The molecular formula is C19H26N4O2. The molecule has 25 heavy (non-hydrogen) atoms. The van der Waals surface area contributed by atoms with Gasteiger partial charge in [-0.05, 0) is 57.2 Å². The molecule has 2 aromatic rings. The molecule has 2 heterocycles. The van der Waals surface area contributed by atoms with Gasteiger partial charge in [-0.25, -0.2) is 0 Å². The molecule has 134 valence electrons. The van der Waals surface area contributed by atoms with E-state index in [4.69, 9.17) is 4.74 Å². The fraction of sp³-hybridized carbons (Fsp3) is 0.526. The Morgan fingerprint density at radius 3 is 2.84 bits per heavy atom. The highest BCUT2D eigenvalue weighted by Gasteiger charge is 2.23. The van der Waals surface area contributed by atoms with Crippen molar-refractivity contribution in [2.24, 2.45) is 0 Å². The second-order valence-corrected chi connectivity index (χ2v) is 6.62. The SMILES string of the molecule is Cc1ncccc1OC1CCC(NC(=O)CCCn2cccn2)CC1. The average molecular weight is 342 g/mol. The van der Waals surface area contributed by atoms with Crippen LogP contribution in [0.2, 0.25) is 0 Å². The monoisotopic (exact) mass is 342 g/mol. The molecule has 1 saturated carbocycles. The zero-order valence-electron chi connectivity index (χ0n) is 14.7. The Labute approximate surface area is 148 Å². The molecule has 1 aliphatic carbocycles. The average Bonchev–Trinajstić information content (AvgIpc) is 3.12. The van der Waals surface area contributed by atoms with Crippen LogP contribution in [-0.4, -0.2) is 32.8 Å². The fourth-order valence-electron chi connectivity index (χ4n) is 3.23. The number of amides is 1. The molecule has 0 saturated heterocycles. The van der Waals surface area contributed by atoms with Crippen molar-refractivity contribution in [3.63, 3.8) is 0 Å². The van der Waals surface area contributed by atoms with Crippen molar-refractivity contribution in [1.29, 1.82) is 0 Å².